The molecule has 0 aliphatic carbocycles. The third kappa shape index (κ3) is 5.15. The molecular formula is C15H21FO2S. The molecule has 0 aromatic heterocycles. The maximum absolute atomic E-state index is 13.7. The molecule has 1 rings (SSSR count). The zero-order chi connectivity index (χ0) is 14.1. The molecule has 0 aliphatic rings. The van der Waals surface area contributed by atoms with Crippen molar-refractivity contribution in [1.82, 2.24) is 0 Å². The molecule has 19 heavy (non-hydrogen) atoms. The molecule has 0 unspecified atom stereocenters. The van der Waals surface area contributed by atoms with E-state index in [4.69, 9.17) is 0 Å². The molecule has 0 aliphatic heterocycles. The van der Waals surface area contributed by atoms with E-state index in [0.717, 1.165) is 25.7 Å². The minimum Gasteiger partial charge on any atom is -0.216 e. The van der Waals surface area contributed by atoms with E-state index in [9.17, 15) is 12.8 Å². The quantitative estimate of drug-likeness (QED) is 0.652. The van der Waals surface area contributed by atoms with Gasteiger partial charge in [0.15, 0.2) is 0 Å². The van der Waals surface area contributed by atoms with Gasteiger partial charge in [-0.25, -0.2) is 8.42 Å². The molecule has 0 atom stereocenters. The maximum Gasteiger partial charge on any atom is 0.232 e. The van der Waals surface area contributed by atoms with Gasteiger partial charge in [0, 0.05) is 0 Å². The van der Waals surface area contributed by atoms with Gasteiger partial charge in [0.1, 0.15) is 0 Å². The molecule has 0 spiro atoms. The molecule has 0 radical (unpaired) electrons. The second kappa shape index (κ2) is 8.10. The number of benzene rings is 1. The maximum atomic E-state index is 13.7. The lowest BCUT2D eigenvalue weighted by atomic mass is 10.1. The van der Waals surface area contributed by atoms with E-state index in [1.54, 1.807) is 18.2 Å². The highest BCUT2D eigenvalue weighted by atomic mass is 32.2. The molecule has 0 heterocycles. The molecule has 1 aromatic rings. The van der Waals surface area contributed by atoms with E-state index in [1.165, 1.54) is 24.6 Å². The van der Waals surface area contributed by atoms with Gasteiger partial charge in [-0.15, -0.1) is 0 Å². The third-order valence-corrected chi connectivity index (χ3v) is 4.50. The van der Waals surface area contributed by atoms with Crippen LogP contribution in [0.3, 0.4) is 0 Å². The molecule has 106 valence electrons. The first-order chi connectivity index (χ1) is 9.09. The highest BCUT2D eigenvalue weighted by molar-refractivity contribution is 7.95. The number of hydrogen-bond acceptors (Lipinski definition) is 2. The molecular weight excluding hydrogens is 263 g/mol. The van der Waals surface area contributed by atoms with Crippen molar-refractivity contribution in [2.45, 2.75) is 50.3 Å². The molecule has 2 nitrogen and oxygen atoms in total. The van der Waals surface area contributed by atoms with Crippen molar-refractivity contribution in [3.8, 4) is 0 Å². The van der Waals surface area contributed by atoms with Gasteiger partial charge in [0.05, 0.1) is 4.90 Å². The number of rotatable bonds is 8. The average molecular weight is 284 g/mol. The Hall–Kier alpha value is -1.16. The van der Waals surface area contributed by atoms with Crippen LogP contribution in [0.4, 0.5) is 4.39 Å². The predicted octanol–water partition coefficient (Wildman–Crippen LogP) is 4.63. The van der Waals surface area contributed by atoms with Gasteiger partial charge < -0.3 is 0 Å². The van der Waals surface area contributed by atoms with Gasteiger partial charge in [-0.3, -0.25) is 0 Å². The van der Waals surface area contributed by atoms with E-state index < -0.39 is 15.0 Å². The van der Waals surface area contributed by atoms with Crippen molar-refractivity contribution >= 4 is 9.84 Å². The van der Waals surface area contributed by atoms with Gasteiger partial charge in [0.2, 0.25) is 15.0 Å². The van der Waals surface area contributed by atoms with Crippen LogP contribution in [0.2, 0.25) is 0 Å². The Morgan fingerprint density at radius 3 is 2.37 bits per heavy atom. The summed E-state index contributed by atoms with van der Waals surface area (Å²) in [6.45, 7) is 2.13. The summed E-state index contributed by atoms with van der Waals surface area (Å²) in [7, 11) is -3.94. The summed E-state index contributed by atoms with van der Waals surface area (Å²) in [6, 6.07) is 7.69. The second-order valence-electron chi connectivity index (χ2n) is 4.53. The van der Waals surface area contributed by atoms with Crippen LogP contribution in [-0.4, -0.2) is 8.42 Å². The van der Waals surface area contributed by atoms with Crippen LogP contribution in [-0.2, 0) is 9.84 Å². The van der Waals surface area contributed by atoms with Crippen molar-refractivity contribution < 1.29 is 12.8 Å². The lowest BCUT2D eigenvalue weighted by Crippen LogP contribution is -2.01. The topological polar surface area (TPSA) is 34.1 Å². The van der Waals surface area contributed by atoms with Crippen molar-refractivity contribution in [3.05, 3.63) is 41.6 Å². The summed E-state index contributed by atoms with van der Waals surface area (Å²) in [5, 5.41) is -1.03. The zero-order valence-electron chi connectivity index (χ0n) is 11.3. The van der Waals surface area contributed by atoms with Crippen LogP contribution in [0, 0.1) is 0 Å². The van der Waals surface area contributed by atoms with Gasteiger partial charge in [-0.1, -0.05) is 50.8 Å². The molecule has 0 fully saturated rings. The van der Waals surface area contributed by atoms with Crippen LogP contribution in [0.1, 0.15) is 45.4 Å². The lowest BCUT2D eigenvalue weighted by Gasteiger charge is -2.01. The first-order valence-corrected chi connectivity index (χ1v) is 8.23. The zero-order valence-corrected chi connectivity index (χ0v) is 12.1. The normalized spacial score (nSPS) is 12.6. The van der Waals surface area contributed by atoms with Gasteiger partial charge in [-0.05, 0) is 31.1 Å². The average Bonchev–Trinajstić information content (AvgIpc) is 2.43. The summed E-state index contributed by atoms with van der Waals surface area (Å²) >= 11 is 0. The first kappa shape index (κ1) is 15.9. The summed E-state index contributed by atoms with van der Waals surface area (Å²) in [6.07, 6.45) is 6.97. The predicted molar refractivity (Wildman–Crippen MR) is 76.2 cm³/mol. The summed E-state index contributed by atoms with van der Waals surface area (Å²) in [4.78, 5) is 0.00901. The molecule has 0 saturated carbocycles. The SMILES string of the molecule is CCCCCCC/C=C(\F)S(=O)(=O)c1ccccc1. The highest BCUT2D eigenvalue weighted by Gasteiger charge is 2.19. The Balaban J connectivity index is 2.54. The molecule has 0 bridgehead atoms. The largest absolute Gasteiger partial charge is 0.232 e. The van der Waals surface area contributed by atoms with Crippen LogP contribution in [0.5, 0.6) is 0 Å². The minimum absolute atomic E-state index is 0.00901. The van der Waals surface area contributed by atoms with Crippen LogP contribution in [0.25, 0.3) is 0 Å². The Kier molecular flexibility index (Phi) is 6.78. The van der Waals surface area contributed by atoms with E-state index in [1.807, 2.05) is 0 Å². The Morgan fingerprint density at radius 1 is 1.11 bits per heavy atom. The smallest absolute Gasteiger partial charge is 0.216 e. The monoisotopic (exact) mass is 284 g/mol. The fourth-order valence-electron chi connectivity index (χ4n) is 1.79. The summed E-state index contributed by atoms with van der Waals surface area (Å²) in [5.74, 6) is 0. The Morgan fingerprint density at radius 2 is 1.74 bits per heavy atom. The number of hydrogen-bond donors (Lipinski definition) is 0. The minimum atomic E-state index is -3.94. The summed E-state index contributed by atoms with van der Waals surface area (Å²) in [5.41, 5.74) is 0. The molecule has 0 N–H and O–H groups in total. The Labute approximate surface area is 115 Å². The number of allylic oxidation sites excluding steroid dienone is 1. The molecule has 1 aromatic carbocycles. The third-order valence-electron chi connectivity index (χ3n) is 2.92. The second-order valence-corrected chi connectivity index (χ2v) is 6.40. The molecule has 0 amide bonds. The van der Waals surface area contributed by atoms with Gasteiger partial charge in [-0.2, -0.15) is 4.39 Å². The van der Waals surface area contributed by atoms with Gasteiger partial charge in [0.25, 0.3) is 0 Å². The van der Waals surface area contributed by atoms with E-state index in [-0.39, 0.29) is 4.90 Å². The summed E-state index contributed by atoms with van der Waals surface area (Å²) < 4.78 is 37.4. The first-order valence-electron chi connectivity index (χ1n) is 6.75. The van der Waals surface area contributed by atoms with Crippen LogP contribution >= 0.6 is 0 Å². The van der Waals surface area contributed by atoms with Gasteiger partial charge >= 0.3 is 0 Å². The Bertz CT molecular complexity index is 492. The van der Waals surface area contributed by atoms with E-state index >= 15 is 0 Å². The van der Waals surface area contributed by atoms with Crippen LogP contribution < -0.4 is 0 Å². The number of unbranched alkanes of at least 4 members (excludes halogenated alkanes) is 5. The molecule has 4 heteroatoms. The van der Waals surface area contributed by atoms with E-state index in [0.29, 0.717) is 6.42 Å². The molecule has 0 saturated heterocycles. The fourth-order valence-corrected chi connectivity index (χ4v) is 2.86. The van der Waals surface area contributed by atoms with Crippen LogP contribution in [0.15, 0.2) is 46.5 Å². The number of sulfone groups is 1. The standard InChI is InChI=1S/C15H21FO2S/c1-2-3-4-5-6-10-13-15(16)19(17,18)14-11-8-7-9-12-14/h7-9,11-13H,2-6,10H2,1H3/b15-13+. The highest BCUT2D eigenvalue weighted by Crippen LogP contribution is 2.20. The van der Waals surface area contributed by atoms with Crippen molar-refractivity contribution in [2.75, 3.05) is 0 Å². The van der Waals surface area contributed by atoms with E-state index in [2.05, 4.69) is 6.92 Å². The number of halogens is 1. The fraction of sp³-hybridized carbons (Fsp3) is 0.467. The van der Waals surface area contributed by atoms with Crippen molar-refractivity contribution in [3.63, 3.8) is 0 Å². The van der Waals surface area contributed by atoms with Crippen molar-refractivity contribution in [1.29, 1.82) is 0 Å². The van der Waals surface area contributed by atoms with Crippen molar-refractivity contribution in [2.24, 2.45) is 0 Å². The lowest BCUT2D eigenvalue weighted by molar-refractivity contribution is 0.574.